The monoisotopic (exact) mass is 407 g/mol. The topological polar surface area (TPSA) is 84.3 Å². The maximum Gasteiger partial charge on any atom is 0.431 e. The predicted molar refractivity (Wildman–Crippen MR) is 98.6 cm³/mol. The molecule has 1 atom stereocenters. The molecule has 0 amide bonds. The van der Waals surface area contributed by atoms with Gasteiger partial charge in [-0.25, -0.2) is 0 Å². The molecule has 0 saturated carbocycles. The van der Waals surface area contributed by atoms with Gasteiger partial charge < -0.3 is 10.6 Å². The molecule has 0 aromatic heterocycles. The summed E-state index contributed by atoms with van der Waals surface area (Å²) in [7, 11) is 0. The molecule has 0 radical (unpaired) electrons. The molecule has 0 aliphatic carbocycles. The number of rotatable bonds is 4. The highest BCUT2D eigenvalue weighted by Crippen LogP contribution is 2.37. The summed E-state index contributed by atoms with van der Waals surface area (Å²) in [4.78, 5) is 23.3. The zero-order chi connectivity index (χ0) is 20.5. The van der Waals surface area contributed by atoms with Crippen LogP contribution in [0.5, 0.6) is 0 Å². The van der Waals surface area contributed by atoms with Gasteiger partial charge in [0.1, 0.15) is 5.70 Å². The molecule has 2 aromatic carbocycles. The number of non-ortho nitro benzene ring substituents is 1. The van der Waals surface area contributed by atoms with Crippen LogP contribution in [0.1, 0.15) is 22.0 Å². The molecule has 2 aromatic rings. The van der Waals surface area contributed by atoms with E-state index in [0.717, 1.165) is 6.07 Å². The van der Waals surface area contributed by atoms with Crippen LogP contribution in [-0.4, -0.2) is 22.0 Å². The minimum Gasteiger partial charge on any atom is -0.351 e. The molecule has 3 rings (SSSR count). The lowest BCUT2D eigenvalue weighted by molar-refractivity contribution is -0.384. The highest BCUT2D eigenvalue weighted by molar-refractivity contribution is 7.80. The average molecular weight is 407 g/mol. The second-order valence-electron chi connectivity index (χ2n) is 5.87. The van der Waals surface area contributed by atoms with E-state index in [1.807, 2.05) is 5.32 Å². The molecule has 1 aliphatic heterocycles. The molecule has 144 valence electrons. The Morgan fingerprint density at radius 2 is 1.79 bits per heavy atom. The van der Waals surface area contributed by atoms with E-state index >= 15 is 0 Å². The van der Waals surface area contributed by atoms with E-state index in [4.69, 9.17) is 12.2 Å². The van der Waals surface area contributed by atoms with Crippen molar-refractivity contribution in [3.63, 3.8) is 0 Å². The second kappa shape index (κ2) is 7.39. The summed E-state index contributed by atoms with van der Waals surface area (Å²) in [5.74, 6) is -0.869. The van der Waals surface area contributed by atoms with E-state index in [2.05, 4.69) is 5.32 Å². The van der Waals surface area contributed by atoms with Crippen molar-refractivity contribution in [2.24, 2.45) is 0 Å². The smallest absolute Gasteiger partial charge is 0.351 e. The van der Waals surface area contributed by atoms with Gasteiger partial charge in [-0.3, -0.25) is 14.9 Å². The predicted octanol–water partition coefficient (Wildman–Crippen LogP) is 3.81. The van der Waals surface area contributed by atoms with Crippen molar-refractivity contribution >= 4 is 28.8 Å². The lowest BCUT2D eigenvalue weighted by Crippen LogP contribution is -2.49. The fraction of sp³-hybridized carbons (Fsp3) is 0.111. The first kappa shape index (κ1) is 19.5. The molecule has 1 heterocycles. The van der Waals surface area contributed by atoms with Gasteiger partial charge in [-0.2, -0.15) is 13.2 Å². The summed E-state index contributed by atoms with van der Waals surface area (Å²) in [5.41, 5.74) is -2.07. The fourth-order valence-corrected chi connectivity index (χ4v) is 3.07. The number of alkyl halides is 3. The summed E-state index contributed by atoms with van der Waals surface area (Å²) >= 11 is 4.87. The van der Waals surface area contributed by atoms with Crippen LogP contribution in [0.4, 0.5) is 18.9 Å². The highest BCUT2D eigenvalue weighted by Gasteiger charge is 2.44. The molecule has 0 fully saturated rings. The number of nitrogens with zero attached hydrogens (tertiary/aromatic N) is 1. The maximum atomic E-state index is 13.7. The first-order chi connectivity index (χ1) is 13.2. The molecule has 0 spiro atoms. The summed E-state index contributed by atoms with van der Waals surface area (Å²) in [5, 5.41) is 15.3. The van der Waals surface area contributed by atoms with Gasteiger partial charge in [0.25, 0.3) is 5.69 Å². The summed E-state index contributed by atoms with van der Waals surface area (Å²) in [6, 6.07) is 11.2. The third-order valence-electron chi connectivity index (χ3n) is 4.05. The number of hydrogen-bond donors (Lipinski definition) is 2. The number of carbonyl (C=O) groups is 1. The van der Waals surface area contributed by atoms with Gasteiger partial charge in [0.05, 0.1) is 16.5 Å². The summed E-state index contributed by atoms with van der Waals surface area (Å²) in [6.07, 6.45) is -4.88. The summed E-state index contributed by atoms with van der Waals surface area (Å²) in [6.45, 7) is 0. The van der Waals surface area contributed by atoms with Crippen LogP contribution in [0.15, 0.2) is 65.9 Å². The fourth-order valence-electron chi connectivity index (χ4n) is 2.85. The third kappa shape index (κ3) is 3.86. The van der Waals surface area contributed by atoms with Crippen molar-refractivity contribution in [2.45, 2.75) is 12.2 Å². The zero-order valence-electron chi connectivity index (χ0n) is 14.0. The maximum absolute atomic E-state index is 13.7. The number of allylic oxidation sites excluding steroid dienone is 1. The van der Waals surface area contributed by atoms with E-state index in [9.17, 15) is 28.1 Å². The lowest BCUT2D eigenvalue weighted by atomic mass is 9.89. The molecule has 2 N–H and O–H groups in total. The molecular weight excluding hydrogens is 395 g/mol. The van der Waals surface area contributed by atoms with Crippen molar-refractivity contribution in [3.05, 3.63) is 87.1 Å². The van der Waals surface area contributed by atoms with Gasteiger partial charge in [0, 0.05) is 17.7 Å². The van der Waals surface area contributed by atoms with Crippen molar-refractivity contribution in [2.75, 3.05) is 0 Å². The van der Waals surface area contributed by atoms with Crippen molar-refractivity contribution in [1.29, 1.82) is 0 Å². The molecule has 28 heavy (non-hydrogen) atoms. The number of nitro groups is 1. The van der Waals surface area contributed by atoms with Gasteiger partial charge in [-0.1, -0.05) is 42.5 Å². The number of benzene rings is 2. The van der Waals surface area contributed by atoms with E-state index in [1.54, 1.807) is 6.07 Å². The van der Waals surface area contributed by atoms with Gasteiger partial charge in [-0.05, 0) is 17.8 Å². The van der Waals surface area contributed by atoms with E-state index in [-0.39, 0.29) is 21.9 Å². The van der Waals surface area contributed by atoms with Gasteiger partial charge >= 0.3 is 6.18 Å². The quantitative estimate of drug-likeness (QED) is 0.347. The van der Waals surface area contributed by atoms with Crippen LogP contribution in [0.25, 0.3) is 0 Å². The van der Waals surface area contributed by atoms with Crippen LogP contribution in [0, 0.1) is 10.1 Å². The molecular formula is C18H12F3N3O3S. The number of hydrogen-bond acceptors (Lipinski definition) is 4. The Hall–Kier alpha value is -3.27. The first-order valence-electron chi connectivity index (χ1n) is 7.91. The molecule has 1 aliphatic rings. The molecule has 0 bridgehead atoms. The Morgan fingerprint density at radius 1 is 1.11 bits per heavy atom. The van der Waals surface area contributed by atoms with Crippen LogP contribution in [0.2, 0.25) is 0 Å². The Kier molecular flexibility index (Phi) is 5.14. The Bertz CT molecular complexity index is 990. The summed E-state index contributed by atoms with van der Waals surface area (Å²) < 4.78 is 41.0. The van der Waals surface area contributed by atoms with E-state index in [1.165, 1.54) is 42.5 Å². The van der Waals surface area contributed by atoms with Crippen molar-refractivity contribution < 1.29 is 22.9 Å². The Labute approximate surface area is 162 Å². The van der Waals surface area contributed by atoms with Crippen LogP contribution in [-0.2, 0) is 0 Å². The number of nitro benzene ring substituents is 1. The first-order valence-corrected chi connectivity index (χ1v) is 8.32. The number of halogens is 3. The van der Waals surface area contributed by atoms with Gasteiger partial charge in [0.15, 0.2) is 10.9 Å². The van der Waals surface area contributed by atoms with Crippen LogP contribution in [0.3, 0.4) is 0 Å². The van der Waals surface area contributed by atoms with Crippen molar-refractivity contribution in [1.82, 2.24) is 10.6 Å². The second-order valence-corrected chi connectivity index (χ2v) is 6.27. The van der Waals surface area contributed by atoms with E-state index in [0.29, 0.717) is 0 Å². The molecule has 1 unspecified atom stereocenters. The van der Waals surface area contributed by atoms with Crippen LogP contribution < -0.4 is 10.6 Å². The third-order valence-corrected chi connectivity index (χ3v) is 4.27. The lowest BCUT2D eigenvalue weighted by Gasteiger charge is -2.32. The van der Waals surface area contributed by atoms with Gasteiger partial charge in [-0.15, -0.1) is 0 Å². The molecule has 6 nitrogen and oxygen atoms in total. The molecule has 10 heteroatoms. The number of carbonyl (C=O) groups excluding carboxylic acids is 1. The number of ketones is 1. The SMILES string of the molecule is O=C(C1=C(C(F)(F)F)NC(=S)NC1c1cccc([N+](=O)[O-])c1)c1ccccc1. The normalized spacial score (nSPS) is 17.0. The number of Topliss-reactive ketones (excluding diaryl/α,β-unsaturated/α-hetero) is 1. The number of thiocarbonyl (C=S) groups is 1. The highest BCUT2D eigenvalue weighted by atomic mass is 32.1. The van der Waals surface area contributed by atoms with Crippen LogP contribution >= 0.6 is 12.2 Å². The largest absolute Gasteiger partial charge is 0.431 e. The minimum atomic E-state index is -4.88. The average Bonchev–Trinajstić information content (AvgIpc) is 2.67. The zero-order valence-corrected chi connectivity index (χ0v) is 14.8. The number of nitrogens with one attached hydrogen (secondary N) is 2. The van der Waals surface area contributed by atoms with Crippen molar-refractivity contribution in [3.8, 4) is 0 Å². The van der Waals surface area contributed by atoms with E-state index < -0.39 is 34.2 Å². The molecule has 0 saturated heterocycles. The Morgan fingerprint density at radius 3 is 2.39 bits per heavy atom. The Balaban J connectivity index is 2.21. The minimum absolute atomic E-state index is 0.0473. The standard InChI is InChI=1S/C18H12F3N3O3S/c19-18(20,21)16-13(15(25)10-5-2-1-3-6-10)14(22-17(28)23-16)11-7-4-8-12(9-11)24(26)27/h1-9,14H,(H2,22,23,28). The van der Waals surface area contributed by atoms with Gasteiger partial charge in [0.2, 0.25) is 0 Å².